The zero-order valence-electron chi connectivity index (χ0n) is 37.3. The van der Waals surface area contributed by atoms with E-state index in [9.17, 15) is 28.8 Å². The normalized spacial score (nSPS) is 23.4. The molecule has 2 heterocycles. The van der Waals surface area contributed by atoms with Crippen molar-refractivity contribution in [3.8, 4) is 0 Å². The largest absolute Gasteiger partial charge is 0.481 e. The van der Waals surface area contributed by atoms with E-state index in [0.717, 1.165) is 77.5 Å². The van der Waals surface area contributed by atoms with Gasteiger partial charge in [0.1, 0.15) is 11.1 Å². The number of hydrogen-bond acceptors (Lipinski definition) is 11. The van der Waals surface area contributed by atoms with Gasteiger partial charge < -0.3 is 29.1 Å². The summed E-state index contributed by atoms with van der Waals surface area (Å²) >= 11 is 18.5. The topological polar surface area (TPSA) is 163 Å². The molecule has 348 valence electrons. The van der Waals surface area contributed by atoms with Gasteiger partial charge in [0.25, 0.3) is 0 Å². The number of piperidine rings is 2. The first kappa shape index (κ1) is 51.7. The summed E-state index contributed by atoms with van der Waals surface area (Å²) in [5.41, 5.74) is -1.80. The van der Waals surface area contributed by atoms with E-state index in [0.29, 0.717) is 46.9 Å². The van der Waals surface area contributed by atoms with E-state index in [1.807, 2.05) is 20.2 Å². The Hall–Kier alpha value is -3.95. The molecule has 14 nitrogen and oxygen atoms in total. The highest BCUT2D eigenvalue weighted by atomic mass is 35.5. The number of carboxylic acid groups (broad SMARTS) is 1. The number of carbonyl (C=O) groups excluding carboxylic acids is 5. The van der Waals surface area contributed by atoms with Crippen molar-refractivity contribution < 1.29 is 48.1 Å². The molecule has 4 fully saturated rings. The second kappa shape index (κ2) is 23.8. The van der Waals surface area contributed by atoms with Crippen LogP contribution in [0.4, 0.5) is 9.59 Å². The van der Waals surface area contributed by atoms with Crippen molar-refractivity contribution in [2.75, 3.05) is 54.4 Å². The quantitative estimate of drug-likeness (QED) is 0.145. The van der Waals surface area contributed by atoms with Gasteiger partial charge in [-0.05, 0) is 124 Å². The number of ether oxygens (including phenoxy) is 3. The molecule has 2 aromatic rings. The highest BCUT2D eigenvalue weighted by Crippen LogP contribution is 2.44. The van der Waals surface area contributed by atoms with Crippen LogP contribution >= 0.6 is 34.8 Å². The number of likely N-dealkylation sites (N-methyl/N-ethyl adjacent to an activating group) is 2. The van der Waals surface area contributed by atoms with Crippen molar-refractivity contribution in [2.45, 2.75) is 114 Å². The highest BCUT2D eigenvalue weighted by molar-refractivity contribution is 6.32. The lowest BCUT2D eigenvalue weighted by atomic mass is 9.74. The number of esters is 1. The number of aliphatic carboxylic acids is 1. The van der Waals surface area contributed by atoms with Crippen LogP contribution in [0.3, 0.4) is 0 Å². The van der Waals surface area contributed by atoms with Crippen molar-refractivity contribution in [1.29, 1.82) is 0 Å². The molecule has 1 N–H and O–H groups in total. The zero-order valence-corrected chi connectivity index (χ0v) is 39.6. The Kier molecular flexibility index (Phi) is 19.5. The molecule has 17 heteroatoms. The van der Waals surface area contributed by atoms with E-state index >= 15 is 0 Å². The fourth-order valence-corrected chi connectivity index (χ4v) is 9.45. The van der Waals surface area contributed by atoms with Crippen LogP contribution in [0, 0.1) is 11.8 Å². The van der Waals surface area contributed by atoms with Crippen molar-refractivity contribution in [2.24, 2.45) is 11.8 Å². The summed E-state index contributed by atoms with van der Waals surface area (Å²) in [6.07, 6.45) is 5.66. The Labute approximate surface area is 386 Å². The van der Waals surface area contributed by atoms with Crippen LogP contribution in [0.5, 0.6) is 0 Å². The predicted octanol–water partition coefficient (Wildman–Crippen LogP) is 8.72. The third kappa shape index (κ3) is 13.1. The average Bonchev–Trinajstić information content (AvgIpc) is 3.25. The van der Waals surface area contributed by atoms with Gasteiger partial charge in [-0.15, -0.1) is 0 Å². The van der Waals surface area contributed by atoms with E-state index in [2.05, 4.69) is 9.80 Å². The first-order valence-corrected chi connectivity index (χ1v) is 22.9. The summed E-state index contributed by atoms with van der Waals surface area (Å²) in [7, 11) is 7.15. The minimum atomic E-state index is -1.19. The van der Waals surface area contributed by atoms with Gasteiger partial charge in [0, 0.05) is 55.0 Å². The molecule has 6 rings (SSSR count). The van der Waals surface area contributed by atoms with E-state index in [-0.39, 0.29) is 29.4 Å². The Balaban J connectivity index is 0.000000235. The maximum absolute atomic E-state index is 13.1. The van der Waals surface area contributed by atoms with Crippen LogP contribution in [0.2, 0.25) is 10.0 Å². The molecule has 2 aliphatic heterocycles. The first-order valence-electron chi connectivity index (χ1n) is 21.7. The number of carboxylic acids is 1. The minimum Gasteiger partial charge on any atom is -0.481 e. The first-order chi connectivity index (χ1) is 29.8. The number of carbonyl (C=O) groups is 6. The number of amides is 2. The molecule has 0 aromatic heterocycles. The standard InChI is InChI=1S/C23H31ClN2O5.C16H19Cl2NO3.C7H13NO2/c1-16(30-21(28)17-11-14-25(2)15-12-17)31-22(29)26(3)23(13-7-6-10-20(23)27)18-8-4-5-9-19(18)24;1-11(17)22-15(21)19(2)16(10-6-5-9-14(16)20)12-7-3-4-8-13(12)18;1-8-4-2-6(3-5-8)7(9)10/h4-5,8-9,16-17H,6-7,10-15H2,1-3H3;3-4,7-8,11H,5-6,9-10H2,1-2H3;6H,2-5H2,1H3,(H,9,10)/t16?,23-;11?,16-;/m00./s1. The summed E-state index contributed by atoms with van der Waals surface area (Å²) in [6.45, 7) is 6.59. The number of alkyl halides is 1. The predicted molar refractivity (Wildman–Crippen MR) is 241 cm³/mol. The van der Waals surface area contributed by atoms with Crippen molar-refractivity contribution in [3.63, 3.8) is 0 Å². The molecule has 2 saturated carbocycles. The van der Waals surface area contributed by atoms with Crippen LogP contribution in [0.15, 0.2) is 48.5 Å². The number of likely N-dealkylation sites (tertiary alicyclic amines) is 2. The molecule has 2 saturated heterocycles. The lowest BCUT2D eigenvalue weighted by Crippen LogP contribution is -2.55. The van der Waals surface area contributed by atoms with Gasteiger partial charge in [0.05, 0.1) is 11.8 Å². The van der Waals surface area contributed by atoms with Crippen LogP contribution in [0.1, 0.15) is 102 Å². The average molecular weight is 938 g/mol. The monoisotopic (exact) mass is 936 g/mol. The Morgan fingerprint density at radius 3 is 1.44 bits per heavy atom. The Morgan fingerprint density at radius 2 is 1.06 bits per heavy atom. The summed E-state index contributed by atoms with van der Waals surface area (Å²) in [4.78, 5) is 81.0. The van der Waals surface area contributed by atoms with Crippen LogP contribution in [-0.4, -0.2) is 127 Å². The molecule has 0 bridgehead atoms. The summed E-state index contributed by atoms with van der Waals surface area (Å²) in [6, 6.07) is 14.2. The highest BCUT2D eigenvalue weighted by Gasteiger charge is 2.50. The van der Waals surface area contributed by atoms with Crippen molar-refractivity contribution in [3.05, 3.63) is 69.7 Å². The molecule has 4 atom stereocenters. The van der Waals surface area contributed by atoms with Crippen LogP contribution < -0.4 is 0 Å². The number of ketones is 2. The molecule has 2 unspecified atom stereocenters. The molecule has 0 spiro atoms. The molecule has 0 radical (unpaired) electrons. The van der Waals surface area contributed by atoms with Crippen molar-refractivity contribution in [1.82, 2.24) is 19.6 Å². The molecule has 2 aromatic carbocycles. The Morgan fingerprint density at radius 1 is 0.667 bits per heavy atom. The van der Waals surface area contributed by atoms with Crippen molar-refractivity contribution >= 4 is 70.5 Å². The fraction of sp³-hybridized carbons (Fsp3) is 0.609. The number of halogens is 3. The number of nitrogens with zero attached hydrogens (tertiary/aromatic N) is 4. The fourth-order valence-electron chi connectivity index (χ4n) is 8.79. The number of Topliss-reactive ketones (excluding diaryl/α,β-unsaturated/α-hetero) is 2. The minimum absolute atomic E-state index is 0.0199. The van der Waals surface area contributed by atoms with Crippen LogP contribution in [-0.2, 0) is 44.5 Å². The van der Waals surface area contributed by atoms with Gasteiger partial charge in [0.2, 0.25) is 6.29 Å². The summed E-state index contributed by atoms with van der Waals surface area (Å²) in [5, 5.41) is 9.50. The lowest BCUT2D eigenvalue weighted by molar-refractivity contribution is -0.173. The summed E-state index contributed by atoms with van der Waals surface area (Å²) < 4.78 is 15.9. The van der Waals surface area contributed by atoms with Gasteiger partial charge >= 0.3 is 24.1 Å². The third-order valence-electron chi connectivity index (χ3n) is 12.6. The second-order valence-electron chi connectivity index (χ2n) is 16.9. The molecule has 2 amide bonds. The lowest BCUT2D eigenvalue weighted by Gasteiger charge is -2.43. The molecule has 2 aliphatic carbocycles. The summed E-state index contributed by atoms with van der Waals surface area (Å²) in [5.74, 6) is -1.35. The number of rotatable bonds is 9. The molecular formula is C46H63Cl3N4O10. The maximum atomic E-state index is 13.1. The van der Waals surface area contributed by atoms with Gasteiger partial charge in [0.15, 0.2) is 17.1 Å². The maximum Gasteiger partial charge on any atom is 0.413 e. The van der Waals surface area contributed by atoms with E-state index < -0.39 is 41.1 Å². The number of hydrogen-bond donors (Lipinski definition) is 1. The third-order valence-corrected chi connectivity index (χ3v) is 13.3. The van der Waals surface area contributed by atoms with E-state index in [1.165, 1.54) is 16.7 Å². The second-order valence-corrected chi connectivity index (χ2v) is 18.3. The van der Waals surface area contributed by atoms with Gasteiger partial charge in [-0.2, -0.15) is 0 Å². The van der Waals surface area contributed by atoms with Gasteiger partial charge in [-0.25, -0.2) is 9.59 Å². The Bertz CT molecular complexity index is 1900. The SMILES string of the molecule is CC(Cl)OC(=O)N(C)[C@]1(c2ccccc2Cl)CCCCC1=O.CC(OC(=O)C1CCN(C)CC1)OC(=O)N(C)[C@]1(c2ccccc2Cl)CCCCC1=O.CN1CCC(C(=O)O)CC1. The van der Waals surface area contributed by atoms with Gasteiger partial charge in [-0.3, -0.25) is 29.0 Å². The smallest absolute Gasteiger partial charge is 0.413 e. The zero-order chi connectivity index (χ0) is 46.5. The molecular weight excluding hydrogens is 875 g/mol. The van der Waals surface area contributed by atoms with E-state index in [4.69, 9.17) is 54.1 Å². The van der Waals surface area contributed by atoms with E-state index in [1.54, 1.807) is 63.5 Å². The molecule has 4 aliphatic rings. The number of benzene rings is 2. The van der Waals surface area contributed by atoms with Gasteiger partial charge in [-0.1, -0.05) is 71.2 Å². The molecule has 63 heavy (non-hydrogen) atoms. The van der Waals surface area contributed by atoms with Crippen LogP contribution in [0.25, 0.3) is 0 Å².